The van der Waals surface area contributed by atoms with E-state index < -0.39 is 30.4 Å². The summed E-state index contributed by atoms with van der Waals surface area (Å²) in [5, 5.41) is 2.64. The Morgan fingerprint density at radius 3 is 2.13 bits per heavy atom. The summed E-state index contributed by atoms with van der Waals surface area (Å²) in [6.07, 6.45) is -0.960. The fraction of sp³-hybridized carbons (Fsp3) is 0.333. The maximum Gasteiger partial charge on any atom is 0.347 e. The second kappa shape index (κ2) is 10.9. The maximum atomic E-state index is 12.9. The largest absolute Gasteiger partial charge is 0.493 e. The van der Waals surface area contributed by atoms with Gasteiger partial charge >= 0.3 is 5.97 Å². The number of hydrogen-bond donors (Lipinski definition) is 1. The third-order valence-electron chi connectivity index (χ3n) is 4.02. The molecule has 0 aliphatic heterocycles. The van der Waals surface area contributed by atoms with Crippen molar-refractivity contribution < 1.29 is 37.7 Å². The first-order valence-corrected chi connectivity index (χ1v) is 9.02. The van der Waals surface area contributed by atoms with Gasteiger partial charge in [0.05, 0.1) is 21.3 Å². The normalized spacial score (nSPS) is 11.2. The number of benzene rings is 2. The zero-order valence-electron chi connectivity index (χ0n) is 17.2. The topological polar surface area (TPSA) is 92.3 Å². The third-order valence-corrected chi connectivity index (χ3v) is 4.02. The molecule has 0 aromatic heterocycles. The third kappa shape index (κ3) is 6.26. The number of ether oxygens (including phenoxy) is 5. The first-order valence-electron chi connectivity index (χ1n) is 9.02. The minimum absolute atomic E-state index is 0.161. The van der Waals surface area contributed by atoms with E-state index in [1.54, 1.807) is 12.1 Å². The minimum atomic E-state index is -0.960. The summed E-state index contributed by atoms with van der Waals surface area (Å²) >= 11 is 0. The van der Waals surface area contributed by atoms with Crippen molar-refractivity contribution >= 4 is 11.9 Å². The zero-order valence-corrected chi connectivity index (χ0v) is 17.2. The van der Waals surface area contributed by atoms with Gasteiger partial charge in [-0.15, -0.1) is 0 Å². The zero-order chi connectivity index (χ0) is 22.1. The molecule has 0 aliphatic carbocycles. The van der Waals surface area contributed by atoms with E-state index in [0.29, 0.717) is 28.6 Å². The Labute approximate surface area is 173 Å². The molecule has 0 unspecified atom stereocenters. The van der Waals surface area contributed by atoms with Crippen LogP contribution in [0.25, 0.3) is 0 Å². The van der Waals surface area contributed by atoms with E-state index in [1.807, 2.05) is 0 Å². The highest BCUT2D eigenvalue weighted by atomic mass is 19.1. The monoisotopic (exact) mass is 421 g/mol. The summed E-state index contributed by atoms with van der Waals surface area (Å²) in [5.74, 6) is 0.0418. The van der Waals surface area contributed by atoms with Gasteiger partial charge in [-0.05, 0) is 48.9 Å². The van der Waals surface area contributed by atoms with Crippen LogP contribution in [0.3, 0.4) is 0 Å². The van der Waals surface area contributed by atoms with Crippen molar-refractivity contribution in [1.82, 2.24) is 5.32 Å². The van der Waals surface area contributed by atoms with E-state index in [-0.39, 0.29) is 6.54 Å². The molecular formula is C21H24FNO7. The molecule has 0 fully saturated rings. The Balaban J connectivity index is 1.84. The summed E-state index contributed by atoms with van der Waals surface area (Å²) in [5.41, 5.74) is 0.706. The van der Waals surface area contributed by atoms with Crippen LogP contribution in [0.1, 0.15) is 12.5 Å². The number of carbonyl (C=O) groups is 2. The highest BCUT2D eigenvalue weighted by molar-refractivity contribution is 5.82. The summed E-state index contributed by atoms with van der Waals surface area (Å²) in [6, 6.07) is 8.61. The number of amides is 1. The number of halogens is 1. The summed E-state index contributed by atoms with van der Waals surface area (Å²) in [7, 11) is 4.49. The number of rotatable bonds is 10. The van der Waals surface area contributed by atoms with Crippen molar-refractivity contribution in [3.63, 3.8) is 0 Å². The lowest BCUT2D eigenvalue weighted by atomic mass is 10.1. The van der Waals surface area contributed by atoms with Crippen molar-refractivity contribution in [1.29, 1.82) is 0 Å². The average molecular weight is 421 g/mol. The van der Waals surface area contributed by atoms with Crippen LogP contribution >= 0.6 is 0 Å². The molecule has 2 rings (SSSR count). The van der Waals surface area contributed by atoms with E-state index in [0.717, 1.165) is 0 Å². The highest BCUT2D eigenvalue weighted by Gasteiger charge is 2.18. The molecule has 0 saturated heterocycles. The van der Waals surface area contributed by atoms with Crippen molar-refractivity contribution in [2.75, 3.05) is 27.9 Å². The van der Waals surface area contributed by atoms with Crippen LogP contribution < -0.4 is 24.3 Å². The Kier molecular flexibility index (Phi) is 8.28. The second-order valence-electron chi connectivity index (χ2n) is 6.13. The molecule has 1 N–H and O–H groups in total. The van der Waals surface area contributed by atoms with E-state index in [2.05, 4.69) is 5.32 Å². The van der Waals surface area contributed by atoms with Gasteiger partial charge in [-0.25, -0.2) is 9.18 Å². The van der Waals surface area contributed by atoms with Gasteiger partial charge in [0, 0.05) is 6.54 Å². The standard InChI is InChI=1S/C21H24FNO7/c1-13(30-16-7-5-15(22)6-8-16)21(25)29-12-19(24)23-11-14-9-17(26-2)20(28-4)18(10-14)27-3/h5-10,13H,11-12H2,1-4H3,(H,23,24)/t13-/m0/s1. The van der Waals surface area contributed by atoms with Gasteiger partial charge in [-0.3, -0.25) is 4.79 Å². The molecule has 1 atom stereocenters. The SMILES string of the molecule is COc1cc(CNC(=O)COC(=O)[C@H](C)Oc2ccc(F)cc2)cc(OC)c1OC. The molecular weight excluding hydrogens is 397 g/mol. The van der Waals surface area contributed by atoms with E-state index in [4.69, 9.17) is 23.7 Å². The van der Waals surface area contributed by atoms with E-state index >= 15 is 0 Å². The Morgan fingerprint density at radius 1 is 1.00 bits per heavy atom. The first-order chi connectivity index (χ1) is 14.4. The second-order valence-corrected chi connectivity index (χ2v) is 6.13. The maximum absolute atomic E-state index is 12.9. The van der Waals surface area contributed by atoms with Crippen molar-refractivity contribution in [2.24, 2.45) is 0 Å². The molecule has 2 aromatic rings. The van der Waals surface area contributed by atoms with Crippen LogP contribution in [-0.2, 0) is 20.9 Å². The van der Waals surface area contributed by atoms with Crippen LogP contribution in [0.5, 0.6) is 23.0 Å². The lowest BCUT2D eigenvalue weighted by Gasteiger charge is -2.15. The van der Waals surface area contributed by atoms with E-state index in [1.165, 1.54) is 52.5 Å². The fourth-order valence-corrected chi connectivity index (χ4v) is 2.51. The van der Waals surface area contributed by atoms with Crippen LogP contribution in [0.15, 0.2) is 36.4 Å². The highest BCUT2D eigenvalue weighted by Crippen LogP contribution is 2.38. The van der Waals surface area contributed by atoms with Gasteiger partial charge in [0.25, 0.3) is 5.91 Å². The van der Waals surface area contributed by atoms with Gasteiger partial charge in [-0.2, -0.15) is 0 Å². The lowest BCUT2D eigenvalue weighted by molar-refractivity contribution is -0.154. The lowest BCUT2D eigenvalue weighted by Crippen LogP contribution is -2.32. The van der Waals surface area contributed by atoms with Crippen molar-refractivity contribution in [3.05, 3.63) is 47.8 Å². The number of nitrogens with one attached hydrogen (secondary N) is 1. The Morgan fingerprint density at radius 2 is 1.60 bits per heavy atom. The summed E-state index contributed by atoms with van der Waals surface area (Å²) in [6.45, 7) is 1.16. The van der Waals surface area contributed by atoms with Crippen molar-refractivity contribution in [2.45, 2.75) is 19.6 Å². The van der Waals surface area contributed by atoms with Gasteiger partial charge in [0.15, 0.2) is 24.2 Å². The predicted molar refractivity (Wildman–Crippen MR) is 105 cm³/mol. The first kappa shape index (κ1) is 22.8. The minimum Gasteiger partial charge on any atom is -0.493 e. The molecule has 0 aliphatic rings. The van der Waals surface area contributed by atoms with Crippen molar-refractivity contribution in [3.8, 4) is 23.0 Å². The Hall–Kier alpha value is -3.49. The van der Waals surface area contributed by atoms with Crippen LogP contribution in [0, 0.1) is 5.82 Å². The molecule has 0 radical (unpaired) electrons. The molecule has 2 aromatic carbocycles. The molecule has 1 amide bonds. The molecule has 162 valence electrons. The fourth-order valence-electron chi connectivity index (χ4n) is 2.51. The predicted octanol–water partition coefficient (Wildman–Crippen LogP) is 2.48. The number of carbonyl (C=O) groups excluding carboxylic acids is 2. The van der Waals surface area contributed by atoms with Gasteiger partial charge in [-0.1, -0.05) is 0 Å². The number of methoxy groups -OCH3 is 3. The van der Waals surface area contributed by atoms with Crippen LogP contribution in [0.2, 0.25) is 0 Å². The molecule has 0 spiro atoms. The van der Waals surface area contributed by atoms with E-state index in [9.17, 15) is 14.0 Å². The van der Waals surface area contributed by atoms with Gasteiger partial charge in [0.1, 0.15) is 11.6 Å². The smallest absolute Gasteiger partial charge is 0.347 e. The van der Waals surface area contributed by atoms with Gasteiger partial charge in [0.2, 0.25) is 5.75 Å². The molecule has 0 heterocycles. The molecule has 9 heteroatoms. The molecule has 8 nitrogen and oxygen atoms in total. The Bertz CT molecular complexity index is 845. The summed E-state index contributed by atoms with van der Waals surface area (Å²) in [4.78, 5) is 24.0. The average Bonchev–Trinajstić information content (AvgIpc) is 2.76. The van der Waals surface area contributed by atoms with Crippen LogP contribution in [0.4, 0.5) is 4.39 Å². The number of esters is 1. The molecule has 0 saturated carbocycles. The van der Waals surface area contributed by atoms with Gasteiger partial charge < -0.3 is 29.0 Å². The summed E-state index contributed by atoms with van der Waals surface area (Å²) < 4.78 is 39.0. The molecule has 30 heavy (non-hydrogen) atoms. The quantitative estimate of drug-likeness (QED) is 0.589. The molecule has 0 bridgehead atoms. The van der Waals surface area contributed by atoms with Crippen LogP contribution in [-0.4, -0.2) is 45.9 Å². The number of hydrogen-bond acceptors (Lipinski definition) is 7.